The minimum absolute atomic E-state index is 0. The van der Waals surface area contributed by atoms with Crippen LogP contribution in [0.3, 0.4) is 0 Å². The second-order valence-corrected chi connectivity index (χ2v) is 0.289. The van der Waals surface area contributed by atoms with Crippen LogP contribution < -0.4 is 0 Å². The monoisotopic (exact) mass is 134 g/mol. The summed E-state index contributed by atoms with van der Waals surface area (Å²) in [5.74, 6) is 0. The van der Waals surface area contributed by atoms with Gasteiger partial charge < -0.3 is 6.92 Å². The summed E-state index contributed by atoms with van der Waals surface area (Å²) in [6.07, 6.45) is 1.50. The summed E-state index contributed by atoms with van der Waals surface area (Å²) in [7, 11) is 0. The van der Waals surface area contributed by atoms with Crippen LogP contribution in [0.5, 0.6) is 0 Å². The standard InChI is InChI=1S/C3H5.C2H5.Zn/c1-3-2;1-2;/h3H,1-2H2;1H2,2H3;/q2*-1;+2. The second kappa shape index (κ2) is 61.7. The van der Waals surface area contributed by atoms with Crippen molar-refractivity contribution in [3.8, 4) is 0 Å². The molecular weight excluding hydrogens is 125 g/mol. The number of allylic oxidation sites excluding steroid dienone is 1. The fourth-order valence-electron chi connectivity index (χ4n) is 0. The number of hydrogen-bond donors (Lipinski definition) is 0. The zero-order chi connectivity index (χ0) is 4.71. The van der Waals surface area contributed by atoms with E-state index in [4.69, 9.17) is 0 Å². The average molecular weight is 136 g/mol. The van der Waals surface area contributed by atoms with Gasteiger partial charge in [0.2, 0.25) is 0 Å². The SMILES string of the molecule is C=C[CH2-].[CH2-]C.[Zn+2]. The Hall–Kier alpha value is 0.233. The fraction of sp³-hybridized carbons (Fsp3) is 0.200. The number of hydrogen-bond acceptors (Lipinski definition) is 0. The molecule has 0 atom stereocenters. The maximum Gasteiger partial charge on any atom is 2.00 e. The van der Waals surface area contributed by atoms with Crippen molar-refractivity contribution in [2.75, 3.05) is 0 Å². The van der Waals surface area contributed by atoms with Gasteiger partial charge in [0.05, 0.1) is 0 Å². The summed E-state index contributed by atoms with van der Waals surface area (Å²) in [6, 6.07) is 0. The third-order valence-electron chi connectivity index (χ3n) is 0. The fourth-order valence-corrected chi connectivity index (χ4v) is 0. The maximum absolute atomic E-state index is 3.25. The second-order valence-electron chi connectivity index (χ2n) is 0.289. The molecule has 0 heterocycles. The molecule has 0 nitrogen and oxygen atoms in total. The van der Waals surface area contributed by atoms with Crippen LogP contribution in [0, 0.1) is 13.8 Å². The van der Waals surface area contributed by atoms with Crippen LogP contribution in [-0.2, 0) is 19.5 Å². The molecule has 0 unspecified atom stereocenters. The van der Waals surface area contributed by atoms with E-state index in [2.05, 4.69) is 20.4 Å². The van der Waals surface area contributed by atoms with Gasteiger partial charge in [-0.3, -0.25) is 0 Å². The van der Waals surface area contributed by atoms with Gasteiger partial charge in [-0.15, -0.1) is 0 Å². The van der Waals surface area contributed by atoms with Crippen molar-refractivity contribution >= 4 is 0 Å². The molecule has 32 valence electrons. The average Bonchev–Trinajstić information content (AvgIpc) is 1.46. The largest absolute Gasteiger partial charge is 2.00 e. The summed E-state index contributed by atoms with van der Waals surface area (Å²) in [6.45, 7) is 11.5. The maximum atomic E-state index is 3.25. The Balaban J connectivity index is -0.0000000275. The summed E-state index contributed by atoms with van der Waals surface area (Å²) >= 11 is 0. The molecule has 0 saturated heterocycles. The van der Waals surface area contributed by atoms with Gasteiger partial charge in [-0.25, -0.2) is 19.6 Å². The molecule has 0 aromatic rings. The van der Waals surface area contributed by atoms with Crippen LogP contribution >= 0.6 is 0 Å². The molecule has 0 N–H and O–H groups in total. The third kappa shape index (κ3) is 813. The predicted octanol–water partition coefficient (Wildman–Crippen LogP) is 1.84. The van der Waals surface area contributed by atoms with E-state index in [1.807, 2.05) is 0 Å². The van der Waals surface area contributed by atoms with Crippen molar-refractivity contribution in [2.24, 2.45) is 0 Å². The molecule has 1 heteroatoms. The zero-order valence-electron chi connectivity index (χ0n) is 4.41. The van der Waals surface area contributed by atoms with Crippen LogP contribution in [-0.4, -0.2) is 0 Å². The Morgan fingerprint density at radius 2 is 1.50 bits per heavy atom. The minimum atomic E-state index is 0. The first-order valence-corrected chi connectivity index (χ1v) is 1.52. The Morgan fingerprint density at radius 1 is 1.50 bits per heavy atom. The quantitative estimate of drug-likeness (QED) is 0.351. The molecule has 0 saturated carbocycles. The van der Waals surface area contributed by atoms with Gasteiger partial charge in [-0.2, -0.15) is 6.92 Å². The molecule has 0 aliphatic heterocycles. The van der Waals surface area contributed by atoms with Gasteiger partial charge in [-0.1, -0.05) is 0 Å². The van der Waals surface area contributed by atoms with Crippen molar-refractivity contribution in [1.29, 1.82) is 0 Å². The smallest absolute Gasteiger partial charge is 0.346 e. The number of rotatable bonds is 0. The zero-order valence-corrected chi connectivity index (χ0v) is 7.37. The van der Waals surface area contributed by atoms with E-state index in [1.54, 1.807) is 6.92 Å². The molecule has 0 rings (SSSR count). The normalized spacial score (nSPS) is 3.00. The van der Waals surface area contributed by atoms with Gasteiger partial charge in [0.15, 0.2) is 0 Å². The van der Waals surface area contributed by atoms with E-state index in [1.165, 1.54) is 6.08 Å². The van der Waals surface area contributed by atoms with Gasteiger partial charge in [0.1, 0.15) is 0 Å². The van der Waals surface area contributed by atoms with E-state index in [-0.39, 0.29) is 19.5 Å². The first-order chi connectivity index (χ1) is 2.41. The summed E-state index contributed by atoms with van der Waals surface area (Å²) in [5.41, 5.74) is 0. The molecule has 0 amide bonds. The molecule has 0 aliphatic carbocycles. The molecule has 0 aromatic heterocycles. The van der Waals surface area contributed by atoms with Crippen molar-refractivity contribution in [2.45, 2.75) is 6.92 Å². The topological polar surface area (TPSA) is 0 Å². The van der Waals surface area contributed by atoms with Crippen LogP contribution in [0.15, 0.2) is 12.7 Å². The summed E-state index contributed by atoms with van der Waals surface area (Å²) in [5, 5.41) is 0. The van der Waals surface area contributed by atoms with Crippen molar-refractivity contribution in [3.63, 3.8) is 0 Å². The van der Waals surface area contributed by atoms with Crippen LogP contribution in [0.4, 0.5) is 0 Å². The first kappa shape index (κ1) is 16.3. The molecule has 0 radical (unpaired) electrons. The molecular formula is C5H10Zn. The van der Waals surface area contributed by atoms with Crippen LogP contribution in [0.25, 0.3) is 0 Å². The van der Waals surface area contributed by atoms with Crippen molar-refractivity contribution in [1.82, 2.24) is 0 Å². The molecule has 6 heavy (non-hydrogen) atoms. The Morgan fingerprint density at radius 3 is 1.50 bits per heavy atom. The van der Waals surface area contributed by atoms with Crippen molar-refractivity contribution in [3.05, 3.63) is 26.5 Å². The van der Waals surface area contributed by atoms with E-state index in [0.717, 1.165) is 0 Å². The Labute approximate surface area is 53.4 Å². The van der Waals surface area contributed by atoms with Gasteiger partial charge in [0, 0.05) is 0 Å². The van der Waals surface area contributed by atoms with Crippen LogP contribution in [0.1, 0.15) is 6.92 Å². The van der Waals surface area contributed by atoms with E-state index in [9.17, 15) is 0 Å². The molecule has 0 bridgehead atoms. The van der Waals surface area contributed by atoms with E-state index >= 15 is 0 Å². The van der Waals surface area contributed by atoms with Crippen molar-refractivity contribution < 1.29 is 19.5 Å². The minimum Gasteiger partial charge on any atom is -0.346 e. The Kier molecular flexibility index (Phi) is 168. The Bertz CT molecular complexity index is 11.4. The molecule has 0 fully saturated rings. The molecule has 0 aromatic carbocycles. The van der Waals surface area contributed by atoms with E-state index in [0.29, 0.717) is 0 Å². The summed E-state index contributed by atoms with van der Waals surface area (Å²) < 4.78 is 0. The first-order valence-electron chi connectivity index (χ1n) is 1.52. The van der Waals surface area contributed by atoms with Crippen LogP contribution in [0.2, 0.25) is 0 Å². The van der Waals surface area contributed by atoms with Gasteiger partial charge in [-0.05, 0) is 0 Å². The molecule has 0 spiro atoms. The third-order valence-corrected chi connectivity index (χ3v) is 0. The molecule has 0 aliphatic rings. The van der Waals surface area contributed by atoms with Gasteiger partial charge in [0.25, 0.3) is 0 Å². The van der Waals surface area contributed by atoms with E-state index < -0.39 is 0 Å². The van der Waals surface area contributed by atoms with Gasteiger partial charge >= 0.3 is 19.5 Å². The summed E-state index contributed by atoms with van der Waals surface area (Å²) in [4.78, 5) is 0. The predicted molar refractivity (Wildman–Crippen MR) is 26.6 cm³/mol.